The van der Waals surface area contributed by atoms with E-state index in [-0.39, 0.29) is 24.1 Å². The summed E-state index contributed by atoms with van der Waals surface area (Å²) in [6.45, 7) is 6.44. The van der Waals surface area contributed by atoms with Crippen LogP contribution in [-0.2, 0) is 40.4 Å². The SMILES string of the molecule is CCc1nc(-c2cccc3cc(-c4ccc(OCCCC#Cc5cccc6c5CN(C5CCC(=O)NC5=O)C6=O)nc4)ncc23)c2n1CCN(C(C)=O)C2. The van der Waals surface area contributed by atoms with E-state index in [1.54, 1.807) is 25.3 Å². The second-order valence-corrected chi connectivity index (χ2v) is 13.7. The van der Waals surface area contributed by atoms with Crippen molar-refractivity contribution in [2.24, 2.45) is 0 Å². The van der Waals surface area contributed by atoms with Crippen LogP contribution in [0.15, 0.2) is 67.0 Å². The summed E-state index contributed by atoms with van der Waals surface area (Å²) in [6, 6.07) is 16.8. The van der Waals surface area contributed by atoms with Gasteiger partial charge in [-0.1, -0.05) is 43.0 Å². The molecule has 272 valence electrons. The number of ether oxygens (including phenoxy) is 1. The molecule has 6 heterocycles. The summed E-state index contributed by atoms with van der Waals surface area (Å²) in [4.78, 5) is 67.1. The van der Waals surface area contributed by atoms with Gasteiger partial charge in [0.2, 0.25) is 23.6 Å². The third-order valence-corrected chi connectivity index (χ3v) is 10.4. The topological polar surface area (TPSA) is 140 Å². The number of unbranched alkanes of at least 4 members (excludes halogenated alkanes) is 1. The van der Waals surface area contributed by atoms with Crippen LogP contribution < -0.4 is 10.1 Å². The zero-order valence-corrected chi connectivity index (χ0v) is 30.2. The Labute approximate surface area is 312 Å². The first-order valence-corrected chi connectivity index (χ1v) is 18.4. The van der Waals surface area contributed by atoms with Gasteiger partial charge in [0.05, 0.1) is 30.2 Å². The van der Waals surface area contributed by atoms with Crippen molar-refractivity contribution in [1.82, 2.24) is 34.6 Å². The monoisotopic (exact) mass is 721 g/mol. The number of aromatic nitrogens is 4. The minimum atomic E-state index is -0.656. The Bertz CT molecular complexity index is 2390. The van der Waals surface area contributed by atoms with Crippen molar-refractivity contribution in [1.29, 1.82) is 0 Å². The van der Waals surface area contributed by atoms with Crippen LogP contribution in [-0.4, -0.2) is 72.1 Å². The van der Waals surface area contributed by atoms with Crippen LogP contribution >= 0.6 is 0 Å². The minimum absolute atomic E-state index is 0.0703. The van der Waals surface area contributed by atoms with Crippen LogP contribution in [0, 0.1) is 11.8 Å². The molecule has 0 spiro atoms. The number of carbonyl (C=O) groups is 4. The second kappa shape index (κ2) is 14.6. The lowest BCUT2D eigenvalue weighted by molar-refractivity contribution is -0.137. The number of imide groups is 1. The molecule has 1 saturated heterocycles. The average molecular weight is 722 g/mol. The molecule has 8 rings (SSSR count). The molecule has 0 saturated carbocycles. The predicted molar refractivity (Wildman–Crippen MR) is 201 cm³/mol. The fraction of sp³-hybridized carbons (Fsp3) is 0.310. The Kier molecular flexibility index (Phi) is 9.38. The summed E-state index contributed by atoms with van der Waals surface area (Å²) >= 11 is 0. The van der Waals surface area contributed by atoms with Gasteiger partial charge in [-0.2, -0.15) is 0 Å². The molecule has 3 aromatic heterocycles. The minimum Gasteiger partial charge on any atom is -0.478 e. The first-order valence-electron chi connectivity index (χ1n) is 18.4. The molecule has 0 radical (unpaired) electrons. The van der Waals surface area contributed by atoms with Crippen molar-refractivity contribution in [2.45, 2.75) is 71.6 Å². The van der Waals surface area contributed by atoms with Crippen molar-refractivity contribution in [3.05, 3.63) is 95.2 Å². The van der Waals surface area contributed by atoms with Crippen LogP contribution in [0.1, 0.15) is 72.5 Å². The van der Waals surface area contributed by atoms with Crippen LogP contribution in [0.5, 0.6) is 5.88 Å². The Balaban J connectivity index is 0.889. The van der Waals surface area contributed by atoms with Crippen LogP contribution in [0.3, 0.4) is 0 Å². The van der Waals surface area contributed by atoms with Crippen LogP contribution in [0.2, 0.25) is 0 Å². The van der Waals surface area contributed by atoms with E-state index in [4.69, 9.17) is 14.7 Å². The van der Waals surface area contributed by atoms with E-state index in [2.05, 4.69) is 51.8 Å². The highest BCUT2D eigenvalue weighted by molar-refractivity contribution is 6.05. The fourth-order valence-corrected chi connectivity index (χ4v) is 7.55. The molecule has 4 amide bonds. The summed E-state index contributed by atoms with van der Waals surface area (Å²) in [6.07, 6.45) is 6.29. The number of rotatable bonds is 8. The van der Waals surface area contributed by atoms with Gasteiger partial charge in [0.1, 0.15) is 11.9 Å². The Morgan fingerprint density at radius 3 is 2.65 bits per heavy atom. The first kappa shape index (κ1) is 34.7. The maximum absolute atomic E-state index is 13.1. The van der Waals surface area contributed by atoms with Gasteiger partial charge < -0.3 is 19.1 Å². The molecule has 12 heteroatoms. The normalized spacial score (nSPS) is 16.5. The van der Waals surface area contributed by atoms with E-state index in [1.807, 2.05) is 35.4 Å². The van der Waals surface area contributed by atoms with Crippen molar-refractivity contribution >= 4 is 34.4 Å². The largest absolute Gasteiger partial charge is 0.478 e. The fourth-order valence-electron chi connectivity index (χ4n) is 7.55. The maximum Gasteiger partial charge on any atom is 0.255 e. The quantitative estimate of drug-likeness (QED) is 0.133. The van der Waals surface area contributed by atoms with Crippen molar-refractivity contribution in [3.63, 3.8) is 0 Å². The number of amides is 4. The third-order valence-electron chi connectivity index (χ3n) is 10.4. The van der Waals surface area contributed by atoms with Gasteiger partial charge in [0.15, 0.2) is 0 Å². The number of nitrogens with one attached hydrogen (secondary N) is 1. The van der Waals surface area contributed by atoms with Gasteiger partial charge in [-0.15, -0.1) is 0 Å². The van der Waals surface area contributed by atoms with Gasteiger partial charge in [0, 0.05) is 91.9 Å². The number of carbonyl (C=O) groups excluding carboxylic acids is 4. The molecule has 1 unspecified atom stereocenters. The number of hydrogen-bond donors (Lipinski definition) is 1. The molecule has 0 aliphatic carbocycles. The predicted octanol–water partition coefficient (Wildman–Crippen LogP) is 5.06. The van der Waals surface area contributed by atoms with Crippen molar-refractivity contribution in [2.75, 3.05) is 13.2 Å². The van der Waals surface area contributed by atoms with Gasteiger partial charge in [0.25, 0.3) is 5.91 Å². The molecule has 5 aromatic rings. The van der Waals surface area contributed by atoms with Crippen LogP contribution in [0.4, 0.5) is 0 Å². The summed E-state index contributed by atoms with van der Waals surface area (Å²) < 4.78 is 8.17. The zero-order chi connectivity index (χ0) is 37.3. The van der Waals surface area contributed by atoms with Gasteiger partial charge in [-0.3, -0.25) is 29.5 Å². The lowest BCUT2D eigenvalue weighted by Gasteiger charge is -2.29. The number of imidazole rings is 1. The van der Waals surface area contributed by atoms with Gasteiger partial charge in [-0.25, -0.2) is 9.97 Å². The summed E-state index contributed by atoms with van der Waals surface area (Å²) in [5.74, 6) is 7.06. The lowest BCUT2D eigenvalue weighted by atomic mass is 10.0. The number of fused-ring (bicyclic) bond motifs is 3. The molecule has 54 heavy (non-hydrogen) atoms. The lowest BCUT2D eigenvalue weighted by Crippen LogP contribution is -2.52. The Morgan fingerprint density at radius 1 is 1.00 bits per heavy atom. The molecule has 1 N–H and O–H groups in total. The first-order chi connectivity index (χ1) is 26.3. The highest BCUT2D eigenvalue weighted by Crippen LogP contribution is 2.35. The summed E-state index contributed by atoms with van der Waals surface area (Å²) in [7, 11) is 0. The number of piperidine rings is 1. The number of nitrogens with zero attached hydrogens (tertiary/aromatic N) is 6. The molecule has 0 bridgehead atoms. The number of pyridine rings is 2. The molecule has 3 aliphatic heterocycles. The van der Waals surface area contributed by atoms with E-state index < -0.39 is 11.9 Å². The molecule has 12 nitrogen and oxygen atoms in total. The van der Waals surface area contributed by atoms with E-state index >= 15 is 0 Å². The summed E-state index contributed by atoms with van der Waals surface area (Å²) in [5, 5.41) is 4.38. The maximum atomic E-state index is 13.1. The number of aryl methyl sites for hydroxylation is 1. The van der Waals surface area contributed by atoms with Crippen molar-refractivity contribution in [3.8, 4) is 40.2 Å². The number of benzene rings is 2. The Morgan fingerprint density at radius 2 is 1.85 bits per heavy atom. The summed E-state index contributed by atoms with van der Waals surface area (Å²) in [5.41, 5.74) is 6.77. The van der Waals surface area contributed by atoms with E-state index in [0.717, 1.165) is 68.9 Å². The second-order valence-electron chi connectivity index (χ2n) is 13.7. The molecular formula is C42H39N7O5. The van der Waals surface area contributed by atoms with Gasteiger partial charge >= 0.3 is 0 Å². The Hall–Kier alpha value is -6.35. The zero-order valence-electron chi connectivity index (χ0n) is 30.2. The van der Waals surface area contributed by atoms with Crippen molar-refractivity contribution < 1.29 is 23.9 Å². The van der Waals surface area contributed by atoms with E-state index in [0.29, 0.717) is 56.9 Å². The molecule has 1 atom stereocenters. The molecular weight excluding hydrogens is 683 g/mol. The molecule has 2 aromatic carbocycles. The average Bonchev–Trinajstić information content (AvgIpc) is 3.73. The highest BCUT2D eigenvalue weighted by atomic mass is 16.5. The van der Waals surface area contributed by atoms with Crippen LogP contribution in [0.25, 0.3) is 33.3 Å². The number of hydrogen-bond acceptors (Lipinski definition) is 8. The smallest absolute Gasteiger partial charge is 0.255 e. The third kappa shape index (κ3) is 6.58. The van der Waals surface area contributed by atoms with E-state index in [1.165, 1.54) is 4.90 Å². The van der Waals surface area contributed by atoms with E-state index in [9.17, 15) is 19.2 Å². The van der Waals surface area contributed by atoms with Gasteiger partial charge in [-0.05, 0) is 48.1 Å². The molecule has 1 fully saturated rings. The highest BCUT2D eigenvalue weighted by Gasteiger charge is 2.39. The standard InChI is InChI=1S/C42H39N7O5/c1-3-37-45-40(36-25-47(26(2)50)18-19-48(36)37)30-12-8-11-28-21-34(43-23-32(28)30)29-14-17-39(44-22-29)54-20-6-4-5-9-27-10-7-13-31-33(27)24-49(42(31)53)35-15-16-38(51)46-41(35)52/h7-8,10-14,17,21-23,35H,3-4,6,15-16,18-20,24-25H2,1-2H3,(H,46,51,52). The molecule has 3 aliphatic rings.